The molecule has 0 atom stereocenters. The van der Waals surface area contributed by atoms with Crippen molar-refractivity contribution in [1.82, 2.24) is 18.7 Å². The first-order valence-electron chi connectivity index (χ1n) is 9.20. The van der Waals surface area contributed by atoms with Crippen LogP contribution in [-0.2, 0) is 20.1 Å². The fourth-order valence-electron chi connectivity index (χ4n) is 3.27. The summed E-state index contributed by atoms with van der Waals surface area (Å²) >= 11 is 0. The number of aromatic nitrogens is 4. The minimum Gasteiger partial charge on any atom is -0.502 e. The third-order valence-corrected chi connectivity index (χ3v) is 4.84. The standard InChI is InChI=1S/C20H24N4O5/c1-6-23-18-16(19(26)24(7-2)20(23)27)22(3)15(21-18)9-8-12-10-13(28-4)17(25)14(11-12)29-5/h8-11,25H,6-7H2,1-5H3/b9-8+. The molecule has 1 N–H and O–H groups in total. The van der Waals surface area contributed by atoms with Crippen molar-refractivity contribution in [1.29, 1.82) is 0 Å². The average molecular weight is 400 g/mol. The van der Waals surface area contributed by atoms with Gasteiger partial charge in [0, 0.05) is 20.1 Å². The van der Waals surface area contributed by atoms with Crippen LogP contribution in [0.25, 0.3) is 23.3 Å². The molecule has 2 heterocycles. The highest BCUT2D eigenvalue weighted by Crippen LogP contribution is 2.37. The van der Waals surface area contributed by atoms with Crippen molar-refractivity contribution < 1.29 is 14.6 Å². The molecule has 0 saturated heterocycles. The second kappa shape index (κ2) is 7.86. The Bertz CT molecular complexity index is 1190. The maximum atomic E-state index is 12.8. The highest BCUT2D eigenvalue weighted by atomic mass is 16.5. The van der Waals surface area contributed by atoms with E-state index in [1.165, 1.54) is 23.4 Å². The highest BCUT2D eigenvalue weighted by molar-refractivity contribution is 5.77. The number of hydrogen-bond acceptors (Lipinski definition) is 6. The molecule has 3 aromatic rings. The quantitative estimate of drug-likeness (QED) is 0.678. The molecule has 29 heavy (non-hydrogen) atoms. The number of aromatic hydroxyl groups is 1. The van der Waals surface area contributed by atoms with Gasteiger partial charge >= 0.3 is 5.69 Å². The Morgan fingerprint density at radius 1 is 1.03 bits per heavy atom. The molecule has 0 unspecified atom stereocenters. The Hall–Kier alpha value is -3.49. The average Bonchev–Trinajstić information content (AvgIpc) is 3.04. The summed E-state index contributed by atoms with van der Waals surface area (Å²) in [7, 11) is 4.64. The van der Waals surface area contributed by atoms with E-state index in [0.717, 1.165) is 0 Å². The largest absolute Gasteiger partial charge is 0.502 e. The van der Waals surface area contributed by atoms with E-state index in [1.807, 2.05) is 6.92 Å². The lowest BCUT2D eigenvalue weighted by molar-refractivity contribution is 0.340. The van der Waals surface area contributed by atoms with E-state index in [4.69, 9.17) is 9.47 Å². The summed E-state index contributed by atoms with van der Waals surface area (Å²) in [5.41, 5.74) is 0.709. The number of rotatable bonds is 6. The molecular formula is C20H24N4O5. The van der Waals surface area contributed by atoms with Crippen LogP contribution in [0.15, 0.2) is 21.7 Å². The van der Waals surface area contributed by atoms with Gasteiger partial charge in [-0.3, -0.25) is 13.9 Å². The Balaban J connectivity index is 2.18. The maximum Gasteiger partial charge on any atom is 0.332 e. The van der Waals surface area contributed by atoms with Gasteiger partial charge in [-0.05, 0) is 37.6 Å². The van der Waals surface area contributed by atoms with Crippen molar-refractivity contribution >= 4 is 23.3 Å². The lowest BCUT2D eigenvalue weighted by Gasteiger charge is -2.09. The van der Waals surface area contributed by atoms with Crippen LogP contribution in [0.5, 0.6) is 17.2 Å². The molecule has 3 rings (SSSR count). The van der Waals surface area contributed by atoms with Crippen LogP contribution in [0.3, 0.4) is 0 Å². The molecule has 1 aromatic carbocycles. The lowest BCUT2D eigenvalue weighted by Crippen LogP contribution is -2.39. The summed E-state index contributed by atoms with van der Waals surface area (Å²) in [6.07, 6.45) is 3.49. The fraction of sp³-hybridized carbons (Fsp3) is 0.350. The lowest BCUT2D eigenvalue weighted by atomic mass is 10.1. The molecule has 154 valence electrons. The van der Waals surface area contributed by atoms with Crippen molar-refractivity contribution in [2.45, 2.75) is 26.9 Å². The number of benzene rings is 1. The van der Waals surface area contributed by atoms with Gasteiger partial charge in [-0.1, -0.05) is 6.08 Å². The molecule has 9 nitrogen and oxygen atoms in total. The van der Waals surface area contributed by atoms with Gasteiger partial charge < -0.3 is 19.1 Å². The monoisotopic (exact) mass is 400 g/mol. The van der Waals surface area contributed by atoms with Crippen molar-refractivity contribution in [2.75, 3.05) is 14.2 Å². The van der Waals surface area contributed by atoms with Gasteiger partial charge in [0.1, 0.15) is 5.82 Å². The first-order valence-corrected chi connectivity index (χ1v) is 9.20. The maximum absolute atomic E-state index is 12.8. The number of methoxy groups -OCH3 is 2. The summed E-state index contributed by atoms with van der Waals surface area (Å²) < 4.78 is 14.7. The van der Waals surface area contributed by atoms with Gasteiger partial charge in [0.2, 0.25) is 5.75 Å². The minimum atomic E-state index is -0.367. The smallest absolute Gasteiger partial charge is 0.332 e. The van der Waals surface area contributed by atoms with Crippen LogP contribution in [0.4, 0.5) is 0 Å². The molecule has 2 aromatic heterocycles. The molecule has 0 fully saturated rings. The Morgan fingerprint density at radius 2 is 1.62 bits per heavy atom. The number of imidazole rings is 1. The van der Waals surface area contributed by atoms with E-state index in [-0.39, 0.29) is 35.0 Å². The second-order valence-corrected chi connectivity index (χ2v) is 6.38. The van der Waals surface area contributed by atoms with Gasteiger partial charge in [-0.15, -0.1) is 0 Å². The van der Waals surface area contributed by atoms with Gasteiger partial charge in [0.05, 0.1) is 14.2 Å². The van der Waals surface area contributed by atoms with Gasteiger partial charge in [-0.2, -0.15) is 0 Å². The van der Waals surface area contributed by atoms with E-state index in [2.05, 4.69) is 4.98 Å². The second-order valence-electron chi connectivity index (χ2n) is 6.38. The SMILES string of the molecule is CCn1c(=O)c2c(nc(/C=C/c3cc(OC)c(O)c(OC)c3)n2C)n(CC)c1=O. The summed E-state index contributed by atoms with van der Waals surface area (Å²) in [5, 5.41) is 10.0. The van der Waals surface area contributed by atoms with Crippen LogP contribution in [0, 0.1) is 0 Å². The van der Waals surface area contributed by atoms with Crippen molar-refractivity contribution in [3.05, 3.63) is 44.4 Å². The van der Waals surface area contributed by atoms with Gasteiger partial charge in [0.25, 0.3) is 5.56 Å². The molecule has 0 aliphatic carbocycles. The summed E-state index contributed by atoms with van der Waals surface area (Å²) in [4.78, 5) is 29.8. The number of ether oxygens (including phenoxy) is 2. The number of aryl methyl sites for hydroxylation is 2. The van der Waals surface area contributed by atoms with Gasteiger partial charge in [0.15, 0.2) is 22.7 Å². The van der Waals surface area contributed by atoms with Crippen LogP contribution >= 0.6 is 0 Å². The minimum absolute atomic E-state index is 0.0815. The number of nitrogens with zero attached hydrogens (tertiary/aromatic N) is 4. The zero-order chi connectivity index (χ0) is 21.3. The zero-order valence-corrected chi connectivity index (χ0v) is 17.1. The normalized spacial score (nSPS) is 11.5. The molecule has 9 heteroatoms. The summed E-state index contributed by atoms with van der Waals surface area (Å²) in [6, 6.07) is 3.31. The van der Waals surface area contributed by atoms with Crippen molar-refractivity contribution in [3.8, 4) is 17.2 Å². The Morgan fingerprint density at radius 3 is 2.14 bits per heavy atom. The molecule has 0 aliphatic rings. The van der Waals surface area contributed by atoms with Crippen molar-refractivity contribution in [3.63, 3.8) is 0 Å². The summed E-state index contributed by atoms with van der Waals surface area (Å²) in [6.45, 7) is 4.29. The third kappa shape index (κ3) is 3.28. The first-order chi connectivity index (χ1) is 13.9. The number of phenols is 1. The molecule has 0 spiro atoms. The predicted octanol–water partition coefficient (Wildman–Crippen LogP) is 1.83. The van der Waals surface area contributed by atoms with E-state index in [1.54, 1.807) is 42.8 Å². The van der Waals surface area contributed by atoms with E-state index in [0.29, 0.717) is 29.1 Å². The molecule has 0 bridgehead atoms. The number of phenolic OH excluding ortho intramolecular Hbond substituents is 1. The summed E-state index contributed by atoms with van der Waals surface area (Å²) in [5.74, 6) is 0.986. The topological polar surface area (TPSA) is 101 Å². The van der Waals surface area contributed by atoms with Crippen LogP contribution in [0.2, 0.25) is 0 Å². The first kappa shape index (κ1) is 20.2. The van der Waals surface area contributed by atoms with E-state index in [9.17, 15) is 14.7 Å². The predicted molar refractivity (Wildman–Crippen MR) is 111 cm³/mol. The van der Waals surface area contributed by atoms with Crippen LogP contribution in [-0.4, -0.2) is 38.0 Å². The van der Waals surface area contributed by atoms with Crippen LogP contribution < -0.4 is 20.7 Å². The molecule has 0 amide bonds. The fourth-order valence-corrected chi connectivity index (χ4v) is 3.27. The molecular weight excluding hydrogens is 376 g/mol. The Kier molecular flexibility index (Phi) is 5.49. The molecule has 0 aliphatic heterocycles. The number of fused-ring (bicyclic) bond motifs is 1. The highest BCUT2D eigenvalue weighted by Gasteiger charge is 2.18. The molecule has 0 radical (unpaired) electrons. The van der Waals surface area contributed by atoms with E-state index < -0.39 is 0 Å². The van der Waals surface area contributed by atoms with Gasteiger partial charge in [-0.25, -0.2) is 9.78 Å². The number of hydrogen-bond donors (Lipinski definition) is 1. The zero-order valence-electron chi connectivity index (χ0n) is 17.1. The molecule has 0 saturated carbocycles. The Labute approximate surface area is 167 Å². The third-order valence-electron chi connectivity index (χ3n) is 4.84. The van der Waals surface area contributed by atoms with Crippen LogP contribution in [0.1, 0.15) is 25.2 Å². The van der Waals surface area contributed by atoms with E-state index >= 15 is 0 Å². The van der Waals surface area contributed by atoms with Crippen molar-refractivity contribution in [2.24, 2.45) is 7.05 Å².